The van der Waals surface area contributed by atoms with Crippen molar-refractivity contribution < 1.29 is 14.7 Å². The van der Waals surface area contributed by atoms with E-state index in [9.17, 15) is 9.59 Å². The zero-order chi connectivity index (χ0) is 17.3. The lowest BCUT2D eigenvalue weighted by Gasteiger charge is -2.08. The second-order valence-corrected chi connectivity index (χ2v) is 6.55. The Balaban J connectivity index is 3.65. The number of carbonyl (C=O) groups is 2. The molecule has 0 fully saturated rings. The zero-order valence-corrected chi connectivity index (χ0v) is 15.2. The zero-order valence-electron chi connectivity index (χ0n) is 15.2. The van der Waals surface area contributed by atoms with Crippen LogP contribution in [0.15, 0.2) is 12.2 Å². The van der Waals surface area contributed by atoms with Crippen molar-refractivity contribution in [3.05, 3.63) is 12.2 Å². The summed E-state index contributed by atoms with van der Waals surface area (Å²) in [6, 6.07) is 0. The van der Waals surface area contributed by atoms with Crippen LogP contribution in [0.3, 0.4) is 0 Å². The molecule has 3 heteroatoms. The highest BCUT2D eigenvalue weighted by Gasteiger charge is 2.09. The number of ketones is 1. The van der Waals surface area contributed by atoms with Crippen LogP contribution in [-0.2, 0) is 9.59 Å². The Morgan fingerprint density at radius 3 is 2.17 bits per heavy atom. The van der Waals surface area contributed by atoms with Crippen LogP contribution in [0.5, 0.6) is 0 Å². The van der Waals surface area contributed by atoms with Crippen molar-refractivity contribution in [1.29, 1.82) is 0 Å². The molecular weight excluding hydrogens is 288 g/mol. The van der Waals surface area contributed by atoms with Gasteiger partial charge in [-0.25, -0.2) is 0 Å². The van der Waals surface area contributed by atoms with E-state index >= 15 is 0 Å². The van der Waals surface area contributed by atoms with E-state index < -0.39 is 5.97 Å². The minimum Gasteiger partial charge on any atom is -0.481 e. The molecule has 23 heavy (non-hydrogen) atoms. The highest BCUT2D eigenvalue weighted by atomic mass is 16.4. The van der Waals surface area contributed by atoms with E-state index in [1.165, 1.54) is 25.7 Å². The van der Waals surface area contributed by atoms with Crippen LogP contribution in [0.1, 0.15) is 97.3 Å². The number of hydrogen-bond donors (Lipinski definition) is 1. The Kier molecular flexibility index (Phi) is 15.0. The molecule has 0 amide bonds. The second-order valence-electron chi connectivity index (χ2n) is 6.55. The van der Waals surface area contributed by atoms with Gasteiger partial charge in [0.25, 0.3) is 0 Å². The van der Waals surface area contributed by atoms with E-state index in [2.05, 4.69) is 19.1 Å². The number of Topliss-reactive ketones (excluding diaryl/α,β-unsaturated/α-hetero) is 1. The van der Waals surface area contributed by atoms with Crippen LogP contribution in [0, 0.1) is 5.92 Å². The highest BCUT2D eigenvalue weighted by Crippen LogP contribution is 2.15. The molecule has 3 nitrogen and oxygen atoms in total. The molecule has 0 aliphatic heterocycles. The van der Waals surface area contributed by atoms with Gasteiger partial charge in [-0.2, -0.15) is 0 Å². The Hall–Kier alpha value is -1.12. The summed E-state index contributed by atoms with van der Waals surface area (Å²) in [4.78, 5) is 22.0. The SMILES string of the molecule is CCCCCCCC(/C=C/CCCCCCCC(=O)O)C(C)=O. The number of rotatable bonds is 16. The van der Waals surface area contributed by atoms with Gasteiger partial charge in [-0.3, -0.25) is 9.59 Å². The maximum absolute atomic E-state index is 11.7. The summed E-state index contributed by atoms with van der Waals surface area (Å²) in [6.45, 7) is 3.91. The van der Waals surface area contributed by atoms with Crippen LogP contribution in [0.25, 0.3) is 0 Å². The van der Waals surface area contributed by atoms with Crippen molar-refractivity contribution >= 4 is 11.8 Å². The quantitative estimate of drug-likeness (QED) is 0.283. The van der Waals surface area contributed by atoms with Gasteiger partial charge in [0.05, 0.1) is 0 Å². The topological polar surface area (TPSA) is 54.4 Å². The van der Waals surface area contributed by atoms with Crippen molar-refractivity contribution in [1.82, 2.24) is 0 Å². The lowest BCUT2D eigenvalue weighted by atomic mass is 9.96. The first-order valence-corrected chi connectivity index (χ1v) is 9.46. The molecule has 1 N–H and O–H groups in total. The van der Waals surface area contributed by atoms with Gasteiger partial charge >= 0.3 is 5.97 Å². The summed E-state index contributed by atoms with van der Waals surface area (Å²) in [5.74, 6) is -0.310. The lowest BCUT2D eigenvalue weighted by molar-refractivity contribution is -0.137. The Morgan fingerprint density at radius 2 is 1.52 bits per heavy atom. The fraction of sp³-hybridized carbons (Fsp3) is 0.800. The molecule has 0 bridgehead atoms. The van der Waals surface area contributed by atoms with Gasteiger partial charge < -0.3 is 5.11 Å². The fourth-order valence-electron chi connectivity index (χ4n) is 2.73. The van der Waals surface area contributed by atoms with Gasteiger partial charge in [0, 0.05) is 12.3 Å². The third-order valence-corrected chi connectivity index (χ3v) is 4.27. The summed E-state index contributed by atoms with van der Waals surface area (Å²) in [5.41, 5.74) is 0. The van der Waals surface area contributed by atoms with Crippen molar-refractivity contribution in [2.75, 3.05) is 0 Å². The summed E-state index contributed by atoms with van der Waals surface area (Å²) in [6.07, 6.45) is 18.0. The number of allylic oxidation sites excluding steroid dienone is 2. The minimum atomic E-state index is -0.696. The van der Waals surface area contributed by atoms with Gasteiger partial charge in [-0.1, -0.05) is 70.4 Å². The van der Waals surface area contributed by atoms with E-state index in [1.807, 2.05) is 0 Å². The number of carboxylic acid groups (broad SMARTS) is 1. The first-order chi connectivity index (χ1) is 11.1. The summed E-state index contributed by atoms with van der Waals surface area (Å²) in [5, 5.41) is 8.55. The maximum atomic E-state index is 11.7. The average Bonchev–Trinajstić information content (AvgIpc) is 2.50. The molecule has 0 radical (unpaired) electrons. The third-order valence-electron chi connectivity index (χ3n) is 4.27. The largest absolute Gasteiger partial charge is 0.481 e. The molecule has 0 aromatic carbocycles. The normalized spacial score (nSPS) is 12.6. The van der Waals surface area contributed by atoms with E-state index in [4.69, 9.17) is 5.11 Å². The summed E-state index contributed by atoms with van der Waals surface area (Å²) in [7, 11) is 0. The van der Waals surface area contributed by atoms with Gasteiger partial charge in [0.15, 0.2) is 0 Å². The third kappa shape index (κ3) is 15.5. The fourth-order valence-corrected chi connectivity index (χ4v) is 2.73. The first kappa shape index (κ1) is 21.9. The average molecular weight is 325 g/mol. The second kappa shape index (κ2) is 15.8. The van der Waals surface area contributed by atoms with E-state index in [0.29, 0.717) is 6.42 Å². The van der Waals surface area contributed by atoms with E-state index in [-0.39, 0.29) is 11.7 Å². The summed E-state index contributed by atoms with van der Waals surface area (Å²) >= 11 is 0. The van der Waals surface area contributed by atoms with Crippen LogP contribution in [0.2, 0.25) is 0 Å². The lowest BCUT2D eigenvalue weighted by Crippen LogP contribution is -2.07. The Bertz CT molecular complexity index is 334. The van der Waals surface area contributed by atoms with Gasteiger partial charge in [0.1, 0.15) is 5.78 Å². The van der Waals surface area contributed by atoms with Crippen molar-refractivity contribution in [2.45, 2.75) is 97.3 Å². The molecule has 0 heterocycles. The van der Waals surface area contributed by atoms with Gasteiger partial charge in [-0.05, 0) is 32.6 Å². The van der Waals surface area contributed by atoms with Crippen molar-refractivity contribution in [3.63, 3.8) is 0 Å². The standard InChI is InChI=1S/C20H36O3/c1-3-4-5-9-12-15-19(18(2)21)16-13-10-7-6-8-11-14-17-20(22)23/h13,16,19H,3-12,14-15,17H2,1-2H3,(H,22,23)/b16-13+. The molecule has 1 unspecified atom stereocenters. The molecule has 1 atom stereocenters. The van der Waals surface area contributed by atoms with Gasteiger partial charge in [-0.15, -0.1) is 0 Å². The molecule has 0 aliphatic carbocycles. The number of unbranched alkanes of at least 4 members (excludes halogenated alkanes) is 9. The van der Waals surface area contributed by atoms with E-state index in [1.54, 1.807) is 6.92 Å². The van der Waals surface area contributed by atoms with Gasteiger partial charge in [0.2, 0.25) is 0 Å². The van der Waals surface area contributed by atoms with Crippen LogP contribution in [-0.4, -0.2) is 16.9 Å². The number of carbonyl (C=O) groups excluding carboxylic acids is 1. The van der Waals surface area contributed by atoms with Crippen molar-refractivity contribution in [3.8, 4) is 0 Å². The van der Waals surface area contributed by atoms with Crippen molar-refractivity contribution in [2.24, 2.45) is 5.92 Å². The molecule has 0 saturated heterocycles. The Morgan fingerprint density at radius 1 is 0.913 bits per heavy atom. The number of carboxylic acids is 1. The van der Waals surface area contributed by atoms with Crippen LogP contribution < -0.4 is 0 Å². The van der Waals surface area contributed by atoms with Crippen LogP contribution in [0.4, 0.5) is 0 Å². The number of hydrogen-bond acceptors (Lipinski definition) is 2. The maximum Gasteiger partial charge on any atom is 0.303 e. The monoisotopic (exact) mass is 324 g/mol. The highest BCUT2D eigenvalue weighted by molar-refractivity contribution is 5.79. The Labute approximate surface area is 142 Å². The molecule has 134 valence electrons. The molecule has 0 spiro atoms. The van der Waals surface area contributed by atoms with E-state index in [0.717, 1.165) is 51.4 Å². The molecule has 0 aliphatic rings. The molecule has 0 saturated carbocycles. The van der Waals surface area contributed by atoms with Crippen LogP contribution >= 0.6 is 0 Å². The summed E-state index contributed by atoms with van der Waals surface area (Å²) < 4.78 is 0. The minimum absolute atomic E-state index is 0.104. The predicted octanol–water partition coefficient (Wildman–Crippen LogP) is 5.92. The number of aliphatic carboxylic acids is 1. The molecule has 0 aromatic heterocycles. The molecular formula is C20H36O3. The first-order valence-electron chi connectivity index (χ1n) is 9.46. The smallest absolute Gasteiger partial charge is 0.303 e. The molecule has 0 rings (SSSR count). The molecule has 0 aromatic rings. The predicted molar refractivity (Wildman–Crippen MR) is 96.6 cm³/mol.